The number of carboxylic acid groups (broad SMARTS) is 1. The Balaban J connectivity index is 2.22. The van der Waals surface area contributed by atoms with Gasteiger partial charge in [-0.05, 0) is 18.6 Å². The Morgan fingerprint density at radius 1 is 1.40 bits per heavy atom. The van der Waals surface area contributed by atoms with Gasteiger partial charge in [0, 0.05) is 5.56 Å². The van der Waals surface area contributed by atoms with Crippen molar-refractivity contribution < 1.29 is 24.2 Å². The molecule has 1 aromatic rings. The second-order valence-electron chi connectivity index (χ2n) is 4.25. The first-order chi connectivity index (χ1) is 9.52. The number of amides is 1. The summed E-state index contributed by atoms with van der Waals surface area (Å²) in [7, 11) is 0. The Labute approximate surface area is 120 Å². The Morgan fingerprint density at radius 2 is 2.10 bits per heavy atom. The zero-order valence-electron chi connectivity index (χ0n) is 10.8. The summed E-state index contributed by atoms with van der Waals surface area (Å²) in [6, 6.07) is 1.98. The van der Waals surface area contributed by atoms with Crippen molar-refractivity contribution in [1.29, 1.82) is 0 Å². The third-order valence-corrected chi connectivity index (χ3v) is 3.15. The number of nitrogens with one attached hydrogen (secondary N) is 1. The molecule has 6 nitrogen and oxygen atoms in total. The SMILES string of the molecule is CCC(NC(=O)c1cc(Cl)c2c(c1)OCCO2)C(=O)O. The highest BCUT2D eigenvalue weighted by molar-refractivity contribution is 6.32. The minimum atomic E-state index is -1.08. The van der Waals surface area contributed by atoms with E-state index in [9.17, 15) is 9.59 Å². The first-order valence-electron chi connectivity index (χ1n) is 6.15. The zero-order valence-corrected chi connectivity index (χ0v) is 11.6. The fourth-order valence-corrected chi connectivity index (χ4v) is 2.09. The first-order valence-corrected chi connectivity index (χ1v) is 6.53. The van der Waals surface area contributed by atoms with Gasteiger partial charge in [-0.1, -0.05) is 18.5 Å². The van der Waals surface area contributed by atoms with Crippen molar-refractivity contribution >= 4 is 23.5 Å². The topological polar surface area (TPSA) is 84.9 Å². The quantitative estimate of drug-likeness (QED) is 0.884. The van der Waals surface area contributed by atoms with Gasteiger partial charge < -0.3 is 19.9 Å². The van der Waals surface area contributed by atoms with Gasteiger partial charge in [0.05, 0.1) is 5.02 Å². The van der Waals surface area contributed by atoms with Gasteiger partial charge in [0.25, 0.3) is 5.91 Å². The van der Waals surface area contributed by atoms with E-state index in [0.717, 1.165) is 0 Å². The van der Waals surface area contributed by atoms with Crippen molar-refractivity contribution in [3.05, 3.63) is 22.7 Å². The van der Waals surface area contributed by atoms with Crippen molar-refractivity contribution in [3.8, 4) is 11.5 Å². The molecule has 1 heterocycles. The number of fused-ring (bicyclic) bond motifs is 1. The zero-order chi connectivity index (χ0) is 14.7. The molecule has 0 aliphatic carbocycles. The van der Waals surface area contributed by atoms with Crippen LogP contribution in [0.4, 0.5) is 0 Å². The van der Waals surface area contributed by atoms with Crippen LogP contribution in [-0.4, -0.2) is 36.2 Å². The number of carbonyl (C=O) groups is 2. The van der Waals surface area contributed by atoms with E-state index in [1.54, 1.807) is 6.92 Å². The largest absolute Gasteiger partial charge is 0.486 e. The predicted molar refractivity (Wildman–Crippen MR) is 71.6 cm³/mol. The summed E-state index contributed by atoms with van der Waals surface area (Å²) in [4.78, 5) is 22.9. The molecule has 1 aliphatic heterocycles. The van der Waals surface area contributed by atoms with Gasteiger partial charge in [0.15, 0.2) is 11.5 Å². The van der Waals surface area contributed by atoms with Crippen LogP contribution in [-0.2, 0) is 4.79 Å². The van der Waals surface area contributed by atoms with E-state index < -0.39 is 17.9 Å². The molecule has 7 heteroatoms. The number of hydrogen-bond acceptors (Lipinski definition) is 4. The van der Waals surface area contributed by atoms with Crippen molar-refractivity contribution in [2.24, 2.45) is 0 Å². The number of rotatable bonds is 4. The van der Waals surface area contributed by atoms with Gasteiger partial charge in [-0.2, -0.15) is 0 Å². The number of hydrogen-bond donors (Lipinski definition) is 2. The van der Waals surface area contributed by atoms with Gasteiger partial charge >= 0.3 is 5.97 Å². The Bertz CT molecular complexity index is 546. The summed E-state index contributed by atoms with van der Waals surface area (Å²) in [5, 5.41) is 11.6. The molecular formula is C13H14ClNO5. The highest BCUT2D eigenvalue weighted by atomic mass is 35.5. The van der Waals surface area contributed by atoms with Crippen LogP contribution in [0.5, 0.6) is 11.5 Å². The number of benzene rings is 1. The van der Waals surface area contributed by atoms with Crippen LogP contribution in [0.3, 0.4) is 0 Å². The van der Waals surface area contributed by atoms with E-state index in [4.69, 9.17) is 26.2 Å². The normalized spacial score (nSPS) is 14.5. The van der Waals surface area contributed by atoms with Crippen molar-refractivity contribution in [3.63, 3.8) is 0 Å². The van der Waals surface area contributed by atoms with Gasteiger partial charge in [-0.25, -0.2) is 4.79 Å². The maximum Gasteiger partial charge on any atom is 0.326 e. The van der Waals surface area contributed by atoms with Crippen molar-refractivity contribution in [2.75, 3.05) is 13.2 Å². The van der Waals surface area contributed by atoms with Crippen LogP contribution in [0.2, 0.25) is 5.02 Å². The lowest BCUT2D eigenvalue weighted by Crippen LogP contribution is -2.40. The number of halogens is 1. The van der Waals surface area contributed by atoms with E-state index in [0.29, 0.717) is 31.1 Å². The number of carboxylic acids is 1. The van der Waals surface area contributed by atoms with Crippen LogP contribution in [0.25, 0.3) is 0 Å². The smallest absolute Gasteiger partial charge is 0.326 e. The number of carbonyl (C=O) groups excluding carboxylic acids is 1. The molecule has 0 bridgehead atoms. The lowest BCUT2D eigenvalue weighted by Gasteiger charge is -2.20. The molecule has 0 spiro atoms. The molecule has 108 valence electrons. The molecule has 0 saturated carbocycles. The summed E-state index contributed by atoms with van der Waals surface area (Å²) in [6.45, 7) is 2.45. The maximum atomic E-state index is 12.0. The van der Waals surface area contributed by atoms with Crippen LogP contribution in [0, 0.1) is 0 Å². The van der Waals surface area contributed by atoms with E-state index in [1.165, 1.54) is 12.1 Å². The summed E-state index contributed by atoms with van der Waals surface area (Å²) >= 11 is 6.02. The minimum Gasteiger partial charge on any atom is -0.486 e. The van der Waals surface area contributed by atoms with E-state index >= 15 is 0 Å². The minimum absolute atomic E-state index is 0.235. The molecule has 0 radical (unpaired) electrons. The third-order valence-electron chi connectivity index (χ3n) is 2.87. The molecule has 0 aromatic heterocycles. The predicted octanol–water partition coefficient (Wildman–Crippen LogP) is 1.70. The number of aliphatic carboxylic acids is 1. The van der Waals surface area contributed by atoms with E-state index in [1.807, 2.05) is 0 Å². The second kappa shape index (κ2) is 6.00. The third kappa shape index (κ3) is 2.96. The molecule has 0 saturated heterocycles. The molecule has 2 rings (SSSR count). The summed E-state index contributed by atoms with van der Waals surface area (Å²) in [5.74, 6) is -0.806. The highest BCUT2D eigenvalue weighted by Crippen LogP contribution is 2.38. The molecule has 20 heavy (non-hydrogen) atoms. The molecule has 1 aromatic carbocycles. The van der Waals surface area contributed by atoms with Crippen LogP contribution < -0.4 is 14.8 Å². The second-order valence-corrected chi connectivity index (χ2v) is 4.66. The fourth-order valence-electron chi connectivity index (χ4n) is 1.82. The van der Waals surface area contributed by atoms with Gasteiger partial charge in [-0.3, -0.25) is 4.79 Å². The van der Waals surface area contributed by atoms with Crippen LogP contribution >= 0.6 is 11.6 Å². The summed E-state index contributed by atoms with van der Waals surface area (Å²) in [6.07, 6.45) is 0.291. The van der Waals surface area contributed by atoms with Crippen LogP contribution in [0.1, 0.15) is 23.7 Å². The van der Waals surface area contributed by atoms with E-state index in [-0.39, 0.29) is 10.6 Å². The van der Waals surface area contributed by atoms with Crippen LogP contribution in [0.15, 0.2) is 12.1 Å². The average molecular weight is 300 g/mol. The van der Waals surface area contributed by atoms with Crippen molar-refractivity contribution in [2.45, 2.75) is 19.4 Å². The molecule has 1 amide bonds. The lowest BCUT2D eigenvalue weighted by atomic mass is 10.1. The maximum absolute atomic E-state index is 12.0. The molecule has 1 atom stereocenters. The number of ether oxygens (including phenoxy) is 2. The summed E-state index contributed by atoms with van der Waals surface area (Å²) in [5.41, 5.74) is 0.235. The van der Waals surface area contributed by atoms with Gasteiger partial charge in [0.1, 0.15) is 19.3 Å². The Kier molecular flexibility index (Phi) is 4.34. The fraction of sp³-hybridized carbons (Fsp3) is 0.385. The van der Waals surface area contributed by atoms with Gasteiger partial charge in [-0.15, -0.1) is 0 Å². The molecule has 1 unspecified atom stereocenters. The highest BCUT2D eigenvalue weighted by Gasteiger charge is 2.22. The monoisotopic (exact) mass is 299 g/mol. The summed E-state index contributed by atoms with van der Waals surface area (Å²) < 4.78 is 10.7. The molecule has 2 N–H and O–H groups in total. The standard InChI is InChI=1S/C13H14ClNO5/c1-2-9(13(17)18)15-12(16)7-5-8(14)11-10(6-7)19-3-4-20-11/h5-6,9H,2-4H2,1H3,(H,15,16)(H,17,18). The molecule has 1 aliphatic rings. The molecule has 0 fully saturated rings. The molecular weight excluding hydrogens is 286 g/mol. The average Bonchev–Trinajstić information content (AvgIpc) is 2.44. The van der Waals surface area contributed by atoms with E-state index in [2.05, 4.69) is 5.32 Å². The Morgan fingerprint density at radius 3 is 2.75 bits per heavy atom. The van der Waals surface area contributed by atoms with Gasteiger partial charge in [0.2, 0.25) is 0 Å². The Hall–Kier alpha value is -1.95. The van der Waals surface area contributed by atoms with Crippen molar-refractivity contribution in [1.82, 2.24) is 5.32 Å². The lowest BCUT2D eigenvalue weighted by molar-refractivity contribution is -0.139. The first kappa shape index (κ1) is 14.5.